The van der Waals surface area contributed by atoms with Crippen LogP contribution in [-0.4, -0.2) is 30.6 Å². The molecule has 17 heavy (non-hydrogen) atoms. The lowest BCUT2D eigenvalue weighted by atomic mass is 10.1. The smallest absolute Gasteiger partial charge is 0.141 e. The summed E-state index contributed by atoms with van der Waals surface area (Å²) in [4.78, 5) is 2.28. The van der Waals surface area contributed by atoms with E-state index in [4.69, 9.17) is 5.26 Å². The van der Waals surface area contributed by atoms with E-state index < -0.39 is 5.82 Å². The van der Waals surface area contributed by atoms with Gasteiger partial charge in [0, 0.05) is 24.3 Å². The van der Waals surface area contributed by atoms with Crippen LogP contribution >= 0.6 is 0 Å². The van der Waals surface area contributed by atoms with E-state index in [0.717, 1.165) is 18.7 Å². The highest BCUT2D eigenvalue weighted by molar-refractivity contribution is 5.50. The van der Waals surface area contributed by atoms with Gasteiger partial charge in [0.2, 0.25) is 0 Å². The number of hydrogen-bond acceptors (Lipinski definition) is 3. The zero-order valence-corrected chi connectivity index (χ0v) is 10.1. The number of rotatable bonds is 2. The molecule has 2 atom stereocenters. The van der Waals surface area contributed by atoms with Gasteiger partial charge in [0.05, 0.1) is 5.56 Å². The molecule has 1 fully saturated rings. The van der Waals surface area contributed by atoms with Crippen molar-refractivity contribution in [3.05, 3.63) is 29.6 Å². The van der Waals surface area contributed by atoms with Crippen LogP contribution in [0.2, 0.25) is 0 Å². The third kappa shape index (κ3) is 2.56. The minimum atomic E-state index is -0.463. The second kappa shape index (κ2) is 4.72. The van der Waals surface area contributed by atoms with Gasteiger partial charge < -0.3 is 10.2 Å². The molecule has 2 rings (SSSR count). The molecule has 1 aliphatic rings. The molecule has 1 aromatic rings. The summed E-state index contributed by atoms with van der Waals surface area (Å²) >= 11 is 0. The fraction of sp³-hybridized carbons (Fsp3) is 0.462. The van der Waals surface area contributed by atoms with Gasteiger partial charge in [-0.1, -0.05) is 0 Å². The average molecular weight is 233 g/mol. The van der Waals surface area contributed by atoms with Crippen molar-refractivity contribution >= 4 is 5.69 Å². The summed E-state index contributed by atoms with van der Waals surface area (Å²) in [7, 11) is 2.09. The van der Waals surface area contributed by atoms with Gasteiger partial charge in [-0.05, 0) is 38.6 Å². The SMILES string of the molecule is CC1CC(Nc2ccc(F)c(C#N)c2)CN1C. The first-order chi connectivity index (χ1) is 8.10. The number of likely N-dealkylation sites (tertiary alicyclic amines) is 1. The van der Waals surface area contributed by atoms with Crippen LogP contribution in [0.1, 0.15) is 18.9 Å². The van der Waals surface area contributed by atoms with Crippen molar-refractivity contribution in [2.24, 2.45) is 0 Å². The third-order valence-electron chi connectivity index (χ3n) is 3.34. The van der Waals surface area contributed by atoms with E-state index in [9.17, 15) is 4.39 Å². The molecule has 1 heterocycles. The van der Waals surface area contributed by atoms with Crippen LogP contribution in [-0.2, 0) is 0 Å². The predicted octanol–water partition coefficient (Wildman–Crippen LogP) is 2.20. The van der Waals surface area contributed by atoms with Crippen LogP contribution < -0.4 is 5.32 Å². The Hall–Kier alpha value is -1.60. The Balaban J connectivity index is 2.07. The van der Waals surface area contributed by atoms with Crippen molar-refractivity contribution in [1.29, 1.82) is 5.26 Å². The van der Waals surface area contributed by atoms with Crippen molar-refractivity contribution in [3.8, 4) is 6.07 Å². The molecule has 0 aromatic heterocycles. The Morgan fingerprint density at radius 3 is 2.88 bits per heavy atom. The summed E-state index contributed by atoms with van der Waals surface area (Å²) in [5.41, 5.74) is 0.907. The van der Waals surface area contributed by atoms with Gasteiger partial charge in [0.15, 0.2) is 0 Å². The van der Waals surface area contributed by atoms with Crippen molar-refractivity contribution in [2.45, 2.75) is 25.4 Å². The molecule has 0 bridgehead atoms. The van der Waals surface area contributed by atoms with Crippen molar-refractivity contribution < 1.29 is 4.39 Å². The van der Waals surface area contributed by atoms with Crippen molar-refractivity contribution in [3.63, 3.8) is 0 Å². The van der Waals surface area contributed by atoms with Crippen LogP contribution in [0.4, 0.5) is 10.1 Å². The van der Waals surface area contributed by atoms with Crippen LogP contribution in [0.3, 0.4) is 0 Å². The minimum absolute atomic E-state index is 0.0920. The quantitative estimate of drug-likeness (QED) is 0.851. The summed E-state index contributed by atoms with van der Waals surface area (Å²) in [6.07, 6.45) is 1.07. The Kier molecular flexibility index (Phi) is 3.30. The second-order valence-electron chi connectivity index (χ2n) is 4.67. The maximum absolute atomic E-state index is 13.1. The summed E-state index contributed by atoms with van der Waals surface area (Å²) in [6.45, 7) is 3.16. The van der Waals surface area contributed by atoms with E-state index in [1.807, 2.05) is 6.07 Å². The molecule has 1 aliphatic heterocycles. The zero-order chi connectivity index (χ0) is 12.4. The number of nitrogens with one attached hydrogen (secondary N) is 1. The maximum Gasteiger partial charge on any atom is 0.141 e. The molecule has 3 nitrogen and oxygen atoms in total. The van der Waals surface area contributed by atoms with E-state index in [1.165, 1.54) is 6.07 Å². The fourth-order valence-electron chi connectivity index (χ4n) is 2.23. The van der Waals surface area contributed by atoms with E-state index in [2.05, 4.69) is 24.2 Å². The highest BCUT2D eigenvalue weighted by atomic mass is 19.1. The fourth-order valence-corrected chi connectivity index (χ4v) is 2.23. The van der Waals surface area contributed by atoms with Crippen molar-refractivity contribution in [1.82, 2.24) is 4.90 Å². The molecule has 0 amide bonds. The van der Waals surface area contributed by atoms with E-state index in [-0.39, 0.29) is 5.56 Å². The van der Waals surface area contributed by atoms with Crippen molar-refractivity contribution in [2.75, 3.05) is 18.9 Å². The van der Waals surface area contributed by atoms with Crippen LogP contribution in [0.25, 0.3) is 0 Å². The highest BCUT2D eigenvalue weighted by Gasteiger charge is 2.25. The number of likely N-dealkylation sites (N-methyl/N-ethyl adjacent to an activating group) is 1. The Labute approximate surface area is 101 Å². The summed E-state index contributed by atoms with van der Waals surface area (Å²) < 4.78 is 13.1. The van der Waals surface area contributed by atoms with Gasteiger partial charge in [-0.2, -0.15) is 5.26 Å². The first-order valence-corrected chi connectivity index (χ1v) is 5.76. The van der Waals surface area contributed by atoms with Gasteiger partial charge in [0.25, 0.3) is 0 Å². The van der Waals surface area contributed by atoms with Crippen LogP contribution in [0, 0.1) is 17.1 Å². The third-order valence-corrected chi connectivity index (χ3v) is 3.34. The Morgan fingerprint density at radius 2 is 2.29 bits per heavy atom. The number of benzene rings is 1. The highest BCUT2D eigenvalue weighted by Crippen LogP contribution is 2.21. The van der Waals surface area contributed by atoms with Gasteiger partial charge in [-0.15, -0.1) is 0 Å². The molecule has 1 saturated heterocycles. The average Bonchev–Trinajstić information content (AvgIpc) is 2.61. The van der Waals surface area contributed by atoms with Crippen LogP contribution in [0.15, 0.2) is 18.2 Å². The monoisotopic (exact) mass is 233 g/mol. The van der Waals surface area contributed by atoms with Crippen LogP contribution in [0.5, 0.6) is 0 Å². The molecule has 90 valence electrons. The molecule has 0 aliphatic carbocycles. The van der Waals surface area contributed by atoms with E-state index >= 15 is 0 Å². The lowest BCUT2D eigenvalue weighted by Crippen LogP contribution is -2.24. The first kappa shape index (κ1) is 11.9. The molecular weight excluding hydrogens is 217 g/mol. The largest absolute Gasteiger partial charge is 0.381 e. The molecule has 2 unspecified atom stereocenters. The molecule has 4 heteroatoms. The molecular formula is C13H16FN3. The number of halogens is 1. The maximum atomic E-state index is 13.1. The second-order valence-corrected chi connectivity index (χ2v) is 4.67. The molecule has 1 N–H and O–H groups in total. The van der Waals surface area contributed by atoms with Gasteiger partial charge in [0.1, 0.15) is 11.9 Å². The topological polar surface area (TPSA) is 39.1 Å². The minimum Gasteiger partial charge on any atom is -0.381 e. The lowest BCUT2D eigenvalue weighted by Gasteiger charge is -2.14. The van der Waals surface area contributed by atoms with Gasteiger partial charge in [-0.25, -0.2) is 4.39 Å². The zero-order valence-electron chi connectivity index (χ0n) is 10.1. The van der Waals surface area contributed by atoms with Gasteiger partial charge in [-0.3, -0.25) is 0 Å². The molecule has 0 saturated carbocycles. The standard InChI is InChI=1S/C13H16FN3/c1-9-5-12(8-17(9)2)16-11-3-4-13(14)10(6-11)7-15/h3-4,6,9,12,16H,5,8H2,1-2H3. The normalized spacial score (nSPS) is 24.6. The Bertz CT molecular complexity index is 442. The lowest BCUT2D eigenvalue weighted by molar-refractivity contribution is 0.330. The number of nitriles is 1. The molecule has 0 spiro atoms. The Morgan fingerprint density at radius 1 is 1.53 bits per heavy atom. The number of hydrogen-bond donors (Lipinski definition) is 1. The molecule has 0 radical (unpaired) electrons. The summed E-state index contributed by atoms with van der Waals surface area (Å²) in [6, 6.07) is 7.36. The predicted molar refractivity (Wildman–Crippen MR) is 65.2 cm³/mol. The van der Waals surface area contributed by atoms with E-state index in [1.54, 1.807) is 12.1 Å². The van der Waals surface area contributed by atoms with Gasteiger partial charge >= 0.3 is 0 Å². The summed E-state index contributed by atoms with van der Waals surface area (Å²) in [5, 5.41) is 12.1. The summed E-state index contributed by atoms with van der Waals surface area (Å²) in [5.74, 6) is -0.463. The molecule has 1 aromatic carbocycles. The number of nitrogens with zero attached hydrogens (tertiary/aromatic N) is 2. The number of anilines is 1. The van der Waals surface area contributed by atoms with E-state index in [0.29, 0.717) is 12.1 Å². The first-order valence-electron chi connectivity index (χ1n) is 5.76.